The number of rotatable bonds is 2. The molecule has 0 aliphatic carbocycles. The maximum absolute atomic E-state index is 11.3. The number of carbonyl (C=O) groups is 2. The zero-order chi connectivity index (χ0) is 10.7. The fourth-order valence-corrected chi connectivity index (χ4v) is 1.28. The highest BCUT2D eigenvalue weighted by Crippen LogP contribution is 2.16. The molecule has 0 fully saturated rings. The molecule has 0 spiro atoms. The molecule has 0 radical (unpaired) electrons. The second-order valence-corrected chi connectivity index (χ2v) is 3.12. The molecule has 1 aromatic carbocycles. The van der Waals surface area contributed by atoms with Gasteiger partial charge in [-0.3, -0.25) is 4.79 Å². The number of aryl methyl sites for hydroxylation is 1. The van der Waals surface area contributed by atoms with Crippen molar-refractivity contribution in [2.75, 3.05) is 7.11 Å². The third-order valence-corrected chi connectivity index (χ3v) is 2.23. The Morgan fingerprint density at radius 3 is 2.50 bits per heavy atom. The lowest BCUT2D eigenvalue weighted by molar-refractivity contribution is 0.0600. The first-order chi connectivity index (χ1) is 6.60. The Bertz CT molecular complexity index is 380. The minimum Gasteiger partial charge on any atom is -0.465 e. The van der Waals surface area contributed by atoms with Crippen LogP contribution in [-0.4, -0.2) is 19.4 Å². The van der Waals surface area contributed by atoms with Crippen LogP contribution < -0.4 is 0 Å². The van der Waals surface area contributed by atoms with E-state index in [1.807, 2.05) is 13.8 Å². The Kier molecular flexibility index (Phi) is 3.02. The van der Waals surface area contributed by atoms with E-state index in [1.165, 1.54) is 7.11 Å². The van der Waals surface area contributed by atoms with Crippen molar-refractivity contribution in [3.63, 3.8) is 0 Å². The SMILES string of the molecule is COC(=O)c1cc(C=O)cc(C)c1C. The van der Waals surface area contributed by atoms with Crippen molar-refractivity contribution >= 4 is 12.3 Å². The summed E-state index contributed by atoms with van der Waals surface area (Å²) in [6.45, 7) is 3.69. The number of benzene rings is 1. The van der Waals surface area contributed by atoms with E-state index >= 15 is 0 Å². The summed E-state index contributed by atoms with van der Waals surface area (Å²) >= 11 is 0. The molecule has 1 aromatic rings. The van der Waals surface area contributed by atoms with Crippen LogP contribution >= 0.6 is 0 Å². The molecule has 0 unspecified atom stereocenters. The highest BCUT2D eigenvalue weighted by molar-refractivity contribution is 5.93. The Hall–Kier alpha value is -1.64. The van der Waals surface area contributed by atoms with Gasteiger partial charge in [-0.25, -0.2) is 4.79 Å². The zero-order valence-corrected chi connectivity index (χ0v) is 8.46. The molecule has 0 aliphatic rings. The molecule has 0 saturated heterocycles. The number of aldehydes is 1. The molecule has 3 heteroatoms. The van der Waals surface area contributed by atoms with Crippen molar-refractivity contribution in [1.29, 1.82) is 0 Å². The van der Waals surface area contributed by atoms with Gasteiger partial charge in [0.15, 0.2) is 0 Å². The fourth-order valence-electron chi connectivity index (χ4n) is 1.28. The third-order valence-electron chi connectivity index (χ3n) is 2.23. The van der Waals surface area contributed by atoms with E-state index in [4.69, 9.17) is 0 Å². The summed E-state index contributed by atoms with van der Waals surface area (Å²) in [6, 6.07) is 3.29. The van der Waals surface area contributed by atoms with Crippen LogP contribution in [0.2, 0.25) is 0 Å². The topological polar surface area (TPSA) is 43.4 Å². The molecule has 1 rings (SSSR count). The average molecular weight is 192 g/mol. The van der Waals surface area contributed by atoms with Crippen LogP contribution in [0.1, 0.15) is 31.8 Å². The van der Waals surface area contributed by atoms with Crippen LogP contribution in [0.5, 0.6) is 0 Å². The monoisotopic (exact) mass is 192 g/mol. The van der Waals surface area contributed by atoms with Gasteiger partial charge in [-0.15, -0.1) is 0 Å². The quantitative estimate of drug-likeness (QED) is 0.531. The average Bonchev–Trinajstić information content (AvgIpc) is 2.20. The third kappa shape index (κ3) is 1.82. The van der Waals surface area contributed by atoms with Gasteiger partial charge in [-0.1, -0.05) is 0 Å². The molecule has 0 bridgehead atoms. The van der Waals surface area contributed by atoms with Crippen LogP contribution in [0.3, 0.4) is 0 Å². The van der Waals surface area contributed by atoms with Gasteiger partial charge in [0.1, 0.15) is 6.29 Å². The van der Waals surface area contributed by atoms with Crippen molar-refractivity contribution < 1.29 is 14.3 Å². The van der Waals surface area contributed by atoms with Crippen molar-refractivity contribution in [2.24, 2.45) is 0 Å². The van der Waals surface area contributed by atoms with Crippen molar-refractivity contribution in [3.05, 3.63) is 34.4 Å². The number of ether oxygens (including phenoxy) is 1. The minimum atomic E-state index is -0.408. The van der Waals surface area contributed by atoms with Gasteiger partial charge in [0.05, 0.1) is 12.7 Å². The Morgan fingerprint density at radius 1 is 1.36 bits per heavy atom. The number of carbonyl (C=O) groups excluding carboxylic acids is 2. The summed E-state index contributed by atoms with van der Waals surface area (Å²) in [5, 5.41) is 0. The highest BCUT2D eigenvalue weighted by atomic mass is 16.5. The summed E-state index contributed by atoms with van der Waals surface area (Å²) in [6.07, 6.45) is 0.721. The summed E-state index contributed by atoms with van der Waals surface area (Å²) in [7, 11) is 1.32. The lowest BCUT2D eigenvalue weighted by atomic mass is 10.0. The predicted molar refractivity (Wildman–Crippen MR) is 52.6 cm³/mol. The van der Waals surface area contributed by atoms with Gasteiger partial charge in [-0.2, -0.15) is 0 Å². The van der Waals surface area contributed by atoms with E-state index < -0.39 is 5.97 Å². The summed E-state index contributed by atoms with van der Waals surface area (Å²) in [5.74, 6) is -0.408. The lowest BCUT2D eigenvalue weighted by Crippen LogP contribution is -2.06. The predicted octanol–water partition coefficient (Wildman–Crippen LogP) is 1.90. The van der Waals surface area contributed by atoms with Gasteiger partial charge in [-0.05, 0) is 37.1 Å². The van der Waals surface area contributed by atoms with Gasteiger partial charge < -0.3 is 4.74 Å². The van der Waals surface area contributed by atoms with Crippen LogP contribution in [0.25, 0.3) is 0 Å². The molecular formula is C11H12O3. The Labute approximate surface area is 82.7 Å². The van der Waals surface area contributed by atoms with Gasteiger partial charge >= 0.3 is 5.97 Å². The molecule has 0 amide bonds. The van der Waals surface area contributed by atoms with Gasteiger partial charge in [0.25, 0.3) is 0 Å². The summed E-state index contributed by atoms with van der Waals surface area (Å²) in [5.41, 5.74) is 2.71. The van der Waals surface area contributed by atoms with Crippen LogP contribution in [0, 0.1) is 13.8 Å². The first kappa shape index (κ1) is 10.4. The van der Waals surface area contributed by atoms with Crippen molar-refractivity contribution in [2.45, 2.75) is 13.8 Å². The number of methoxy groups -OCH3 is 1. The second kappa shape index (κ2) is 4.05. The first-order valence-corrected chi connectivity index (χ1v) is 4.25. The molecule has 0 N–H and O–H groups in total. The summed E-state index contributed by atoms with van der Waals surface area (Å²) < 4.78 is 4.62. The number of hydrogen-bond donors (Lipinski definition) is 0. The van der Waals surface area contributed by atoms with Gasteiger partial charge in [0, 0.05) is 5.56 Å². The maximum atomic E-state index is 11.3. The standard InChI is InChI=1S/C11H12O3/c1-7-4-9(6-12)5-10(8(7)2)11(13)14-3/h4-6H,1-3H3. The van der Waals surface area contributed by atoms with E-state index in [0.29, 0.717) is 11.1 Å². The molecule has 0 saturated carbocycles. The molecule has 0 aliphatic heterocycles. The van der Waals surface area contributed by atoms with Crippen molar-refractivity contribution in [3.8, 4) is 0 Å². The molecule has 0 aromatic heterocycles. The van der Waals surface area contributed by atoms with Crippen molar-refractivity contribution in [1.82, 2.24) is 0 Å². The Morgan fingerprint density at radius 2 is 2.00 bits per heavy atom. The van der Waals surface area contributed by atoms with E-state index in [2.05, 4.69) is 4.74 Å². The van der Waals surface area contributed by atoms with Crippen LogP contribution in [-0.2, 0) is 4.74 Å². The second-order valence-electron chi connectivity index (χ2n) is 3.12. The normalized spacial score (nSPS) is 9.64. The van der Waals surface area contributed by atoms with Crippen LogP contribution in [0.4, 0.5) is 0 Å². The summed E-state index contributed by atoms with van der Waals surface area (Å²) in [4.78, 5) is 21.9. The van der Waals surface area contributed by atoms with E-state index in [1.54, 1.807) is 12.1 Å². The molecule has 0 heterocycles. The maximum Gasteiger partial charge on any atom is 0.338 e. The largest absolute Gasteiger partial charge is 0.465 e. The smallest absolute Gasteiger partial charge is 0.338 e. The highest BCUT2D eigenvalue weighted by Gasteiger charge is 2.11. The van der Waals surface area contributed by atoms with E-state index in [9.17, 15) is 9.59 Å². The van der Waals surface area contributed by atoms with Crippen LogP contribution in [0.15, 0.2) is 12.1 Å². The molecule has 14 heavy (non-hydrogen) atoms. The minimum absolute atomic E-state index is 0.408. The van der Waals surface area contributed by atoms with E-state index in [0.717, 1.165) is 17.4 Å². The zero-order valence-electron chi connectivity index (χ0n) is 8.46. The number of hydrogen-bond acceptors (Lipinski definition) is 3. The molecule has 0 atom stereocenters. The number of esters is 1. The Balaban J connectivity index is 3.33. The lowest BCUT2D eigenvalue weighted by Gasteiger charge is -2.07. The van der Waals surface area contributed by atoms with E-state index in [-0.39, 0.29) is 0 Å². The fraction of sp³-hybridized carbons (Fsp3) is 0.273. The molecular weight excluding hydrogens is 180 g/mol. The molecule has 74 valence electrons. The molecule has 3 nitrogen and oxygen atoms in total. The van der Waals surface area contributed by atoms with Gasteiger partial charge in [0.2, 0.25) is 0 Å². The first-order valence-electron chi connectivity index (χ1n) is 4.25.